The molecule has 0 atom stereocenters. The summed E-state index contributed by atoms with van der Waals surface area (Å²) < 4.78 is 82.6. The van der Waals surface area contributed by atoms with Crippen molar-refractivity contribution < 1.29 is 43.7 Å². The van der Waals surface area contributed by atoms with Crippen molar-refractivity contribution in [1.82, 2.24) is 0 Å². The van der Waals surface area contributed by atoms with E-state index in [1.165, 1.54) is 11.4 Å². The van der Waals surface area contributed by atoms with Gasteiger partial charge in [-0.2, -0.15) is 9.13 Å². The van der Waals surface area contributed by atoms with Crippen LogP contribution in [0.1, 0.15) is 11.4 Å². The largest absolute Gasteiger partial charge is 0.673 e. The van der Waals surface area contributed by atoms with Crippen LogP contribution in [0.4, 0.5) is 34.5 Å². The minimum Gasteiger partial charge on any atom is -0.418 e. The van der Waals surface area contributed by atoms with Crippen molar-refractivity contribution >= 4 is 37.2 Å². The number of hydrogen-bond donors (Lipinski definition) is 0. The van der Waals surface area contributed by atoms with Crippen molar-refractivity contribution in [3.05, 3.63) is 33.2 Å². The van der Waals surface area contributed by atoms with E-state index in [1.807, 2.05) is 0 Å². The van der Waals surface area contributed by atoms with Gasteiger partial charge in [-0.3, -0.25) is 0 Å². The number of aryl methyl sites for hydroxylation is 4. The fourth-order valence-electron chi connectivity index (χ4n) is 1.38. The molecule has 2 heterocycles. The van der Waals surface area contributed by atoms with E-state index in [2.05, 4.69) is 44.8 Å². The molecule has 0 amide bonds. The fourth-order valence-corrected chi connectivity index (χ4v) is 3.00. The van der Waals surface area contributed by atoms with Crippen molar-refractivity contribution in [1.29, 1.82) is 0 Å². The number of hydrogen-bond acceptors (Lipinski definition) is 2. The maximum absolute atomic E-state index is 9.75. The third-order valence-electron chi connectivity index (χ3n) is 2.34. The summed E-state index contributed by atoms with van der Waals surface area (Å²) >= 11 is 3.53. The Morgan fingerprint density at radius 1 is 0.708 bits per heavy atom. The monoisotopic (exact) mass is 400 g/mol. The Labute approximate surface area is 141 Å². The molecule has 0 aromatic carbocycles. The van der Waals surface area contributed by atoms with Crippen molar-refractivity contribution in [2.75, 3.05) is 0 Å². The molecular formula is C10H14B2F8N2S2. The number of nitrogens with zero attached hydrogens (tertiary/aromatic N) is 2. The average molecular weight is 400 g/mol. The third kappa shape index (κ3) is 14.4. The maximum Gasteiger partial charge on any atom is 0.673 e. The molecule has 0 N–H and O–H groups in total. The molecule has 2 nitrogen and oxygen atoms in total. The molecular weight excluding hydrogens is 386 g/mol. The van der Waals surface area contributed by atoms with Crippen LogP contribution in [0, 0.1) is 13.8 Å². The van der Waals surface area contributed by atoms with Crippen LogP contribution >= 0.6 is 22.7 Å². The lowest BCUT2D eigenvalue weighted by molar-refractivity contribution is -0.779. The first kappa shape index (κ1) is 22.8. The normalized spacial score (nSPS) is 11.2. The van der Waals surface area contributed by atoms with Gasteiger partial charge in [0, 0.05) is 13.8 Å². The minimum atomic E-state index is -6.00. The lowest BCUT2D eigenvalue weighted by Crippen LogP contribution is -2.45. The van der Waals surface area contributed by atoms with E-state index in [1.54, 1.807) is 22.7 Å². The van der Waals surface area contributed by atoms with Gasteiger partial charge in [-0.25, -0.2) is 0 Å². The number of aromatic nitrogens is 2. The Morgan fingerprint density at radius 3 is 1.12 bits per heavy atom. The van der Waals surface area contributed by atoms with E-state index in [9.17, 15) is 34.5 Å². The van der Waals surface area contributed by atoms with Crippen molar-refractivity contribution in [2.24, 2.45) is 0 Å². The van der Waals surface area contributed by atoms with Crippen molar-refractivity contribution in [3.8, 4) is 0 Å². The first-order valence-electron chi connectivity index (χ1n) is 6.36. The van der Waals surface area contributed by atoms with E-state index in [0.29, 0.717) is 0 Å². The van der Waals surface area contributed by atoms with Gasteiger partial charge in [0.1, 0.15) is 0 Å². The smallest absolute Gasteiger partial charge is 0.418 e. The van der Waals surface area contributed by atoms with Crippen molar-refractivity contribution in [2.45, 2.75) is 26.9 Å². The van der Waals surface area contributed by atoms with Crippen LogP contribution in [-0.2, 0) is 13.1 Å². The quantitative estimate of drug-likeness (QED) is 0.413. The van der Waals surface area contributed by atoms with E-state index >= 15 is 0 Å². The fraction of sp³-hybridized carbons (Fsp3) is 0.400. The second kappa shape index (κ2) is 9.97. The topological polar surface area (TPSA) is 7.76 Å². The Balaban J connectivity index is 0.000000442. The number of halogens is 8. The van der Waals surface area contributed by atoms with E-state index in [4.69, 9.17) is 0 Å². The van der Waals surface area contributed by atoms with E-state index < -0.39 is 14.5 Å². The van der Waals surface area contributed by atoms with E-state index in [0.717, 1.165) is 13.1 Å². The highest BCUT2D eigenvalue weighted by Gasteiger charge is 2.21. The molecule has 0 fully saturated rings. The molecule has 0 spiro atoms. The molecule has 0 saturated heterocycles. The first-order chi connectivity index (χ1) is 10.8. The third-order valence-corrected chi connectivity index (χ3v) is 4.05. The first-order valence-corrected chi connectivity index (χ1v) is 8.25. The highest BCUT2D eigenvalue weighted by molar-refractivity contribution is 7.07. The SMILES string of the molecule is Cc1csc[n+]1CC[n+]1cscc1C.F[B-](F)(F)F.F[B-](F)(F)F. The van der Waals surface area contributed by atoms with Gasteiger partial charge in [-0.1, -0.05) is 22.7 Å². The van der Waals surface area contributed by atoms with Gasteiger partial charge in [-0.15, -0.1) is 0 Å². The second-order valence-corrected chi connectivity index (χ2v) is 5.82. The summed E-state index contributed by atoms with van der Waals surface area (Å²) in [5.41, 5.74) is 7.06. The molecule has 2 rings (SSSR count). The zero-order valence-electron chi connectivity index (χ0n) is 12.6. The van der Waals surface area contributed by atoms with Gasteiger partial charge >= 0.3 is 14.5 Å². The molecule has 2 aromatic rings. The number of rotatable bonds is 3. The van der Waals surface area contributed by atoms with Crippen LogP contribution in [0.25, 0.3) is 0 Å². The zero-order chi connectivity index (χ0) is 19.0. The zero-order valence-corrected chi connectivity index (χ0v) is 14.2. The van der Waals surface area contributed by atoms with Crippen molar-refractivity contribution in [3.63, 3.8) is 0 Å². The highest BCUT2D eigenvalue weighted by Crippen LogP contribution is 2.07. The molecule has 0 saturated carbocycles. The predicted octanol–water partition coefficient (Wildman–Crippen LogP) is 4.30. The average Bonchev–Trinajstić information content (AvgIpc) is 2.91. The molecule has 138 valence electrons. The highest BCUT2D eigenvalue weighted by atomic mass is 32.1. The lowest BCUT2D eigenvalue weighted by Gasteiger charge is -1.94. The molecule has 0 radical (unpaired) electrons. The van der Waals surface area contributed by atoms with Crippen LogP contribution in [0.5, 0.6) is 0 Å². The summed E-state index contributed by atoms with van der Waals surface area (Å²) in [6, 6.07) is 0. The number of thiazole rings is 2. The summed E-state index contributed by atoms with van der Waals surface area (Å²) in [5, 5.41) is 4.37. The summed E-state index contributed by atoms with van der Waals surface area (Å²) in [6.45, 7) is 6.44. The van der Waals surface area contributed by atoms with Gasteiger partial charge < -0.3 is 34.5 Å². The van der Waals surface area contributed by atoms with Gasteiger partial charge in [0.25, 0.3) is 0 Å². The molecule has 14 heteroatoms. The Kier molecular flexibility index (Phi) is 9.48. The molecule has 0 aliphatic carbocycles. The lowest BCUT2D eigenvalue weighted by atomic mass is 10.3. The molecule has 0 aliphatic rings. The Hall–Kier alpha value is -1.17. The van der Waals surface area contributed by atoms with Gasteiger partial charge in [0.15, 0.2) is 11.4 Å². The Morgan fingerprint density at radius 2 is 0.958 bits per heavy atom. The van der Waals surface area contributed by atoms with Gasteiger partial charge in [-0.05, 0) is 0 Å². The minimum absolute atomic E-state index is 1.07. The van der Waals surface area contributed by atoms with Gasteiger partial charge in [0.05, 0.1) is 10.8 Å². The van der Waals surface area contributed by atoms with Crippen LogP contribution in [0.2, 0.25) is 0 Å². The summed E-state index contributed by atoms with van der Waals surface area (Å²) in [7, 11) is -12.0. The summed E-state index contributed by atoms with van der Waals surface area (Å²) in [6.07, 6.45) is 0. The van der Waals surface area contributed by atoms with Crippen LogP contribution in [0.15, 0.2) is 21.8 Å². The van der Waals surface area contributed by atoms with E-state index in [-0.39, 0.29) is 0 Å². The Bertz CT molecular complexity index is 532. The standard InChI is InChI=1S/C10H14N2S2.2BF4/c1-9-5-13-7-11(9)3-4-12-8-14-6-10(12)2;2*2-1(3,4)5/h5-8H,3-4H2,1-2H3;;/q+2;2*-1. The van der Waals surface area contributed by atoms with Crippen LogP contribution in [0.3, 0.4) is 0 Å². The molecule has 24 heavy (non-hydrogen) atoms. The predicted molar refractivity (Wildman–Crippen MR) is 78.9 cm³/mol. The van der Waals surface area contributed by atoms with Crippen LogP contribution in [-0.4, -0.2) is 14.5 Å². The molecule has 0 aliphatic heterocycles. The summed E-state index contributed by atoms with van der Waals surface area (Å²) in [4.78, 5) is 0. The second-order valence-electron chi connectivity index (χ2n) is 4.38. The van der Waals surface area contributed by atoms with Gasteiger partial charge in [0.2, 0.25) is 24.1 Å². The molecule has 0 unspecified atom stereocenters. The summed E-state index contributed by atoms with van der Waals surface area (Å²) in [5.74, 6) is 0. The molecule has 0 bridgehead atoms. The van der Waals surface area contributed by atoms with Crippen LogP contribution < -0.4 is 9.13 Å². The maximum atomic E-state index is 9.75. The molecule has 2 aromatic heterocycles.